The fourth-order valence-corrected chi connectivity index (χ4v) is 2.19. The maximum Gasteiger partial charge on any atom is 0.293 e. The summed E-state index contributed by atoms with van der Waals surface area (Å²) in [5.74, 6) is 0.244. The van der Waals surface area contributed by atoms with E-state index in [0.29, 0.717) is 12.0 Å². The van der Waals surface area contributed by atoms with Crippen molar-refractivity contribution in [2.24, 2.45) is 0 Å². The SMILES string of the molecule is O=[N+]([O-])c1ccc(OSc2ccc([N+](=O)[O-])cc2[N+](=O)[O-])cc1. The molecule has 0 heterocycles. The Morgan fingerprint density at radius 2 is 1.35 bits per heavy atom. The van der Waals surface area contributed by atoms with Crippen molar-refractivity contribution in [2.45, 2.75) is 4.90 Å². The Bertz CT molecular complexity index is 779. The fraction of sp³-hybridized carbons (Fsp3) is 0. The van der Waals surface area contributed by atoms with E-state index in [1.54, 1.807) is 0 Å². The first-order chi connectivity index (χ1) is 10.9. The van der Waals surface area contributed by atoms with E-state index in [1.165, 1.54) is 30.3 Å². The molecule has 0 spiro atoms. The van der Waals surface area contributed by atoms with Gasteiger partial charge in [0.1, 0.15) is 10.6 Å². The van der Waals surface area contributed by atoms with Gasteiger partial charge in [0.25, 0.3) is 17.1 Å². The molecule has 0 aliphatic heterocycles. The number of nitrogens with zero attached hydrogens (tertiary/aromatic N) is 3. The molecule has 0 atom stereocenters. The third-order valence-corrected chi connectivity index (χ3v) is 3.43. The molecule has 0 fully saturated rings. The lowest BCUT2D eigenvalue weighted by Gasteiger charge is -2.04. The normalized spacial score (nSPS) is 10.1. The van der Waals surface area contributed by atoms with Crippen LogP contribution in [0.2, 0.25) is 0 Å². The van der Waals surface area contributed by atoms with Gasteiger partial charge in [-0.3, -0.25) is 30.3 Å². The van der Waals surface area contributed by atoms with Crippen LogP contribution in [-0.2, 0) is 0 Å². The molecule has 0 amide bonds. The van der Waals surface area contributed by atoms with Crippen LogP contribution >= 0.6 is 12.0 Å². The van der Waals surface area contributed by atoms with Crippen molar-refractivity contribution >= 4 is 29.1 Å². The van der Waals surface area contributed by atoms with Crippen molar-refractivity contribution in [1.29, 1.82) is 0 Å². The van der Waals surface area contributed by atoms with Crippen molar-refractivity contribution in [1.82, 2.24) is 0 Å². The molecule has 118 valence electrons. The quantitative estimate of drug-likeness (QED) is 0.443. The number of hydrogen-bond donors (Lipinski definition) is 0. The molecule has 2 aromatic carbocycles. The zero-order chi connectivity index (χ0) is 17.0. The number of rotatable bonds is 6. The maximum atomic E-state index is 11.0. The average Bonchev–Trinajstić information content (AvgIpc) is 2.52. The van der Waals surface area contributed by atoms with Crippen LogP contribution in [0.15, 0.2) is 47.4 Å². The molecular formula is C12H7N3O7S. The van der Waals surface area contributed by atoms with Crippen molar-refractivity contribution in [2.75, 3.05) is 0 Å². The highest BCUT2D eigenvalue weighted by atomic mass is 32.2. The third-order valence-electron chi connectivity index (χ3n) is 2.63. The highest BCUT2D eigenvalue weighted by molar-refractivity contribution is 7.95. The Morgan fingerprint density at radius 1 is 0.783 bits per heavy atom. The van der Waals surface area contributed by atoms with Crippen LogP contribution in [0.25, 0.3) is 0 Å². The molecule has 0 saturated carbocycles. The van der Waals surface area contributed by atoms with E-state index in [-0.39, 0.29) is 16.3 Å². The molecule has 0 saturated heterocycles. The lowest BCUT2D eigenvalue weighted by atomic mass is 10.3. The van der Waals surface area contributed by atoms with Gasteiger partial charge in [0.2, 0.25) is 0 Å². The Kier molecular flexibility index (Phi) is 4.71. The molecular weight excluding hydrogens is 330 g/mol. The first-order valence-corrected chi connectivity index (χ1v) is 6.64. The Balaban J connectivity index is 2.18. The largest absolute Gasteiger partial charge is 0.420 e. The minimum absolute atomic E-state index is 0.0685. The summed E-state index contributed by atoms with van der Waals surface area (Å²) in [7, 11) is 0. The minimum atomic E-state index is -0.755. The van der Waals surface area contributed by atoms with Crippen LogP contribution in [-0.4, -0.2) is 14.8 Å². The molecule has 0 aliphatic rings. The molecule has 0 N–H and O–H groups in total. The van der Waals surface area contributed by atoms with E-state index < -0.39 is 26.1 Å². The number of nitro groups is 3. The van der Waals surface area contributed by atoms with E-state index in [1.807, 2.05) is 0 Å². The van der Waals surface area contributed by atoms with Gasteiger partial charge in [-0.2, -0.15) is 0 Å². The van der Waals surface area contributed by atoms with Gasteiger partial charge in [0.05, 0.1) is 32.9 Å². The van der Waals surface area contributed by atoms with Gasteiger partial charge in [-0.15, -0.1) is 0 Å². The fourth-order valence-electron chi connectivity index (χ4n) is 1.55. The standard InChI is InChI=1S/C12H7N3O7S/c16-13(17)8-1-4-10(5-2-8)22-23-12-6-3-9(14(18)19)7-11(12)15(20)21/h1-7H. The van der Waals surface area contributed by atoms with Crippen molar-refractivity contribution in [3.63, 3.8) is 0 Å². The third kappa shape index (κ3) is 3.91. The van der Waals surface area contributed by atoms with Crippen LogP contribution in [0.1, 0.15) is 0 Å². The number of non-ortho nitro benzene ring substituents is 2. The molecule has 0 unspecified atom stereocenters. The number of benzene rings is 2. The van der Waals surface area contributed by atoms with E-state index in [2.05, 4.69) is 0 Å². The lowest BCUT2D eigenvalue weighted by molar-refractivity contribution is -0.396. The average molecular weight is 337 g/mol. The zero-order valence-corrected chi connectivity index (χ0v) is 12.0. The van der Waals surface area contributed by atoms with Gasteiger partial charge in [-0.25, -0.2) is 0 Å². The van der Waals surface area contributed by atoms with Crippen LogP contribution < -0.4 is 4.18 Å². The van der Waals surface area contributed by atoms with E-state index in [0.717, 1.165) is 12.1 Å². The van der Waals surface area contributed by atoms with Gasteiger partial charge >= 0.3 is 0 Å². The molecule has 0 aliphatic carbocycles. The highest BCUT2D eigenvalue weighted by Crippen LogP contribution is 2.34. The highest BCUT2D eigenvalue weighted by Gasteiger charge is 2.21. The number of nitro benzene ring substituents is 3. The van der Waals surface area contributed by atoms with Gasteiger partial charge in [-0.1, -0.05) is 0 Å². The predicted octanol–water partition coefficient (Wildman–Crippen LogP) is 3.50. The molecule has 23 heavy (non-hydrogen) atoms. The zero-order valence-electron chi connectivity index (χ0n) is 11.1. The van der Waals surface area contributed by atoms with Gasteiger partial charge in [0, 0.05) is 18.2 Å². The molecule has 0 aromatic heterocycles. The Morgan fingerprint density at radius 3 is 1.87 bits per heavy atom. The summed E-state index contributed by atoms with van der Waals surface area (Å²) in [6, 6.07) is 8.27. The van der Waals surface area contributed by atoms with E-state index in [9.17, 15) is 30.3 Å². The second kappa shape index (κ2) is 6.70. The second-order valence-corrected chi connectivity index (χ2v) is 4.86. The van der Waals surface area contributed by atoms with E-state index >= 15 is 0 Å². The van der Waals surface area contributed by atoms with Crippen molar-refractivity contribution in [3.8, 4) is 5.75 Å². The predicted molar refractivity (Wildman–Crippen MR) is 79.3 cm³/mol. The van der Waals surface area contributed by atoms with Gasteiger partial charge in [-0.05, 0) is 18.2 Å². The Labute approximate surface area is 132 Å². The van der Waals surface area contributed by atoms with Crippen molar-refractivity contribution in [3.05, 3.63) is 72.8 Å². The molecule has 0 bridgehead atoms. The summed E-state index contributed by atoms with van der Waals surface area (Å²) in [5.41, 5.74) is -0.994. The van der Waals surface area contributed by atoms with Crippen molar-refractivity contribution < 1.29 is 19.0 Å². The lowest BCUT2D eigenvalue weighted by Crippen LogP contribution is -1.95. The first-order valence-electron chi connectivity index (χ1n) is 5.90. The van der Waals surface area contributed by atoms with E-state index in [4.69, 9.17) is 4.18 Å². The van der Waals surface area contributed by atoms with Gasteiger partial charge < -0.3 is 4.18 Å². The smallest absolute Gasteiger partial charge is 0.293 e. The summed E-state index contributed by atoms with van der Waals surface area (Å²) >= 11 is 0.629. The summed E-state index contributed by atoms with van der Waals surface area (Å²) in [5, 5.41) is 32.1. The number of hydrogen-bond acceptors (Lipinski definition) is 8. The summed E-state index contributed by atoms with van der Waals surface area (Å²) in [6.45, 7) is 0. The molecule has 11 heteroatoms. The van der Waals surface area contributed by atoms with Crippen LogP contribution in [0.4, 0.5) is 17.1 Å². The minimum Gasteiger partial charge on any atom is -0.420 e. The summed E-state index contributed by atoms with van der Waals surface area (Å²) < 4.78 is 5.24. The topological polar surface area (TPSA) is 139 Å². The molecule has 2 aromatic rings. The first kappa shape index (κ1) is 16.2. The molecule has 0 radical (unpaired) electrons. The Hall–Kier alpha value is -3.21. The summed E-state index contributed by atoms with van der Waals surface area (Å²) in [6.07, 6.45) is 0. The second-order valence-electron chi connectivity index (χ2n) is 4.08. The van der Waals surface area contributed by atoms with Crippen LogP contribution in [0.5, 0.6) is 5.75 Å². The monoisotopic (exact) mass is 337 g/mol. The van der Waals surface area contributed by atoms with Crippen LogP contribution in [0.3, 0.4) is 0 Å². The molecule has 2 rings (SSSR count). The van der Waals surface area contributed by atoms with Crippen LogP contribution in [0, 0.1) is 30.3 Å². The maximum absolute atomic E-state index is 11.0. The van der Waals surface area contributed by atoms with Gasteiger partial charge in [0.15, 0.2) is 0 Å². The molecule has 10 nitrogen and oxygen atoms in total. The summed E-state index contributed by atoms with van der Waals surface area (Å²) in [4.78, 5) is 30.1.